The van der Waals surface area contributed by atoms with Crippen molar-refractivity contribution < 1.29 is 14.3 Å². The Balaban J connectivity index is 2.12. The maximum absolute atomic E-state index is 12.8. The highest BCUT2D eigenvalue weighted by Gasteiger charge is 2.42. The molecule has 0 radical (unpaired) electrons. The van der Waals surface area contributed by atoms with Gasteiger partial charge in [-0.1, -0.05) is 12.8 Å². The van der Waals surface area contributed by atoms with Crippen molar-refractivity contribution in [1.82, 2.24) is 0 Å². The van der Waals surface area contributed by atoms with Crippen LogP contribution in [0.2, 0.25) is 0 Å². The second-order valence-corrected chi connectivity index (χ2v) is 5.13. The topological polar surface area (TPSA) is 40.5 Å². The molecule has 1 fully saturated rings. The third kappa shape index (κ3) is 2.47. The van der Waals surface area contributed by atoms with Crippen LogP contribution in [0.1, 0.15) is 25.7 Å². The van der Waals surface area contributed by atoms with E-state index in [0.717, 1.165) is 31.4 Å². The molecule has 2 rings (SSSR count). The average Bonchev–Trinajstić information content (AvgIpc) is 2.79. The van der Waals surface area contributed by atoms with E-state index in [4.69, 9.17) is 0 Å². The van der Waals surface area contributed by atoms with Crippen LogP contribution in [0.5, 0.6) is 0 Å². The van der Waals surface area contributed by atoms with Crippen LogP contribution in [-0.4, -0.2) is 24.7 Å². The number of carboxylic acids is 1. The van der Waals surface area contributed by atoms with Gasteiger partial charge in [-0.15, -0.1) is 0 Å². The molecule has 1 aromatic rings. The highest BCUT2D eigenvalue weighted by Crippen LogP contribution is 2.39. The second-order valence-electron chi connectivity index (χ2n) is 5.13. The van der Waals surface area contributed by atoms with Crippen LogP contribution in [0.3, 0.4) is 0 Å². The third-order valence-corrected chi connectivity index (χ3v) is 3.82. The Morgan fingerprint density at radius 3 is 2.39 bits per heavy atom. The number of aliphatic carboxylic acids is 1. The number of nitrogens with zero attached hydrogens (tertiary/aromatic N) is 1. The van der Waals surface area contributed by atoms with Gasteiger partial charge in [0.25, 0.3) is 0 Å². The summed E-state index contributed by atoms with van der Waals surface area (Å²) in [5.41, 5.74) is 0.215. The number of halogens is 1. The molecule has 18 heavy (non-hydrogen) atoms. The Labute approximate surface area is 106 Å². The quantitative estimate of drug-likeness (QED) is 0.894. The number of carbonyl (C=O) groups is 1. The normalized spacial score (nSPS) is 17.7. The van der Waals surface area contributed by atoms with Crippen molar-refractivity contribution in [3.05, 3.63) is 30.1 Å². The van der Waals surface area contributed by atoms with E-state index in [2.05, 4.69) is 0 Å². The lowest BCUT2D eigenvalue weighted by Crippen LogP contribution is -2.39. The summed E-state index contributed by atoms with van der Waals surface area (Å²) in [5.74, 6) is -0.991. The van der Waals surface area contributed by atoms with Gasteiger partial charge in [0.15, 0.2) is 0 Å². The molecule has 0 spiro atoms. The fourth-order valence-electron chi connectivity index (χ4n) is 2.73. The molecule has 0 aliphatic heterocycles. The van der Waals surface area contributed by atoms with Crippen molar-refractivity contribution in [1.29, 1.82) is 0 Å². The first-order valence-corrected chi connectivity index (χ1v) is 6.24. The minimum absolute atomic E-state index is 0.277. The monoisotopic (exact) mass is 251 g/mol. The summed E-state index contributed by atoms with van der Waals surface area (Å²) in [4.78, 5) is 13.4. The van der Waals surface area contributed by atoms with Gasteiger partial charge in [0.05, 0.1) is 5.41 Å². The number of hydrogen-bond donors (Lipinski definition) is 1. The van der Waals surface area contributed by atoms with E-state index in [9.17, 15) is 14.3 Å². The first kappa shape index (κ1) is 12.9. The van der Waals surface area contributed by atoms with Gasteiger partial charge in [0, 0.05) is 19.3 Å². The Morgan fingerprint density at radius 2 is 1.89 bits per heavy atom. The molecule has 0 atom stereocenters. The van der Waals surface area contributed by atoms with Crippen LogP contribution in [0.4, 0.5) is 10.1 Å². The van der Waals surface area contributed by atoms with E-state index in [1.165, 1.54) is 12.1 Å². The van der Waals surface area contributed by atoms with Crippen LogP contribution in [0, 0.1) is 11.2 Å². The third-order valence-electron chi connectivity index (χ3n) is 3.82. The van der Waals surface area contributed by atoms with Crippen LogP contribution in [0.25, 0.3) is 0 Å². The lowest BCUT2D eigenvalue weighted by molar-refractivity contribution is -0.148. The standard InChI is InChI=1S/C14H18FNO2/c1-16(12-6-4-11(15)5-7-12)10-14(13(17)18)8-2-3-9-14/h4-7H,2-3,8-10H2,1H3,(H,17,18). The Bertz CT molecular complexity index is 424. The fraction of sp³-hybridized carbons (Fsp3) is 0.500. The summed E-state index contributed by atoms with van der Waals surface area (Å²) >= 11 is 0. The van der Waals surface area contributed by atoms with Crippen molar-refractivity contribution in [2.75, 3.05) is 18.5 Å². The fourth-order valence-corrected chi connectivity index (χ4v) is 2.73. The molecule has 0 aromatic heterocycles. The second kappa shape index (κ2) is 4.96. The van der Waals surface area contributed by atoms with Gasteiger partial charge in [0.1, 0.15) is 5.82 Å². The van der Waals surface area contributed by atoms with Crippen molar-refractivity contribution in [3.63, 3.8) is 0 Å². The SMILES string of the molecule is CN(CC1(C(=O)O)CCCC1)c1ccc(F)cc1. The van der Waals surface area contributed by atoms with Gasteiger partial charge in [-0.25, -0.2) is 4.39 Å². The van der Waals surface area contributed by atoms with E-state index >= 15 is 0 Å². The first-order valence-electron chi connectivity index (χ1n) is 6.24. The summed E-state index contributed by atoms with van der Waals surface area (Å²) in [5, 5.41) is 9.42. The van der Waals surface area contributed by atoms with Crippen LogP contribution < -0.4 is 4.90 Å². The number of benzene rings is 1. The Kier molecular flexibility index (Phi) is 3.55. The highest BCUT2D eigenvalue weighted by molar-refractivity contribution is 5.76. The van der Waals surface area contributed by atoms with Crippen molar-refractivity contribution in [3.8, 4) is 0 Å². The summed E-state index contributed by atoms with van der Waals surface area (Å²) in [6.45, 7) is 0.480. The first-order chi connectivity index (χ1) is 8.53. The summed E-state index contributed by atoms with van der Waals surface area (Å²) < 4.78 is 12.8. The van der Waals surface area contributed by atoms with E-state index < -0.39 is 11.4 Å². The summed E-state index contributed by atoms with van der Waals surface area (Å²) in [7, 11) is 1.86. The zero-order valence-corrected chi connectivity index (χ0v) is 10.5. The maximum Gasteiger partial charge on any atom is 0.311 e. The Hall–Kier alpha value is -1.58. The molecule has 1 aliphatic carbocycles. The minimum Gasteiger partial charge on any atom is -0.481 e. The molecule has 0 amide bonds. The molecular weight excluding hydrogens is 233 g/mol. The lowest BCUT2D eigenvalue weighted by atomic mass is 9.85. The molecule has 0 bridgehead atoms. The predicted molar refractivity (Wildman–Crippen MR) is 68.2 cm³/mol. The van der Waals surface area contributed by atoms with Crippen molar-refractivity contribution in [2.24, 2.45) is 5.41 Å². The molecule has 98 valence electrons. The molecule has 4 heteroatoms. The molecule has 1 N–H and O–H groups in total. The summed E-state index contributed by atoms with van der Waals surface area (Å²) in [6.07, 6.45) is 3.41. The molecule has 1 aliphatic rings. The van der Waals surface area contributed by atoms with Crippen molar-refractivity contribution >= 4 is 11.7 Å². The number of anilines is 1. The predicted octanol–water partition coefficient (Wildman–Crippen LogP) is 2.91. The molecule has 0 saturated heterocycles. The largest absolute Gasteiger partial charge is 0.481 e. The zero-order chi connectivity index (χ0) is 13.2. The smallest absolute Gasteiger partial charge is 0.311 e. The van der Waals surface area contributed by atoms with E-state index in [0.29, 0.717) is 6.54 Å². The number of hydrogen-bond acceptors (Lipinski definition) is 2. The van der Waals surface area contributed by atoms with Crippen molar-refractivity contribution in [2.45, 2.75) is 25.7 Å². The van der Waals surface area contributed by atoms with E-state index in [1.807, 2.05) is 11.9 Å². The average molecular weight is 251 g/mol. The number of rotatable bonds is 4. The van der Waals surface area contributed by atoms with Crippen LogP contribution in [-0.2, 0) is 4.79 Å². The highest BCUT2D eigenvalue weighted by atomic mass is 19.1. The van der Waals surface area contributed by atoms with E-state index in [-0.39, 0.29) is 5.82 Å². The van der Waals surface area contributed by atoms with Crippen LogP contribution >= 0.6 is 0 Å². The molecular formula is C14H18FNO2. The molecule has 1 saturated carbocycles. The van der Waals surface area contributed by atoms with Gasteiger partial charge < -0.3 is 10.0 Å². The molecule has 0 unspecified atom stereocenters. The summed E-state index contributed by atoms with van der Waals surface area (Å²) in [6, 6.07) is 6.15. The Morgan fingerprint density at radius 1 is 1.33 bits per heavy atom. The van der Waals surface area contributed by atoms with Gasteiger partial charge in [-0.05, 0) is 37.1 Å². The van der Waals surface area contributed by atoms with Gasteiger partial charge >= 0.3 is 5.97 Å². The van der Waals surface area contributed by atoms with Gasteiger partial charge in [-0.3, -0.25) is 4.79 Å². The molecule has 1 aromatic carbocycles. The number of carboxylic acid groups (broad SMARTS) is 1. The molecule has 0 heterocycles. The lowest BCUT2D eigenvalue weighted by Gasteiger charge is -2.31. The van der Waals surface area contributed by atoms with Gasteiger partial charge in [0.2, 0.25) is 0 Å². The van der Waals surface area contributed by atoms with Crippen LogP contribution in [0.15, 0.2) is 24.3 Å². The molecule has 3 nitrogen and oxygen atoms in total. The zero-order valence-electron chi connectivity index (χ0n) is 10.5. The van der Waals surface area contributed by atoms with Gasteiger partial charge in [-0.2, -0.15) is 0 Å². The van der Waals surface area contributed by atoms with E-state index in [1.54, 1.807) is 12.1 Å². The maximum atomic E-state index is 12.8. The minimum atomic E-state index is -0.714.